The number of rotatable bonds is 3. The number of halogens is 2. The van der Waals surface area contributed by atoms with Crippen molar-refractivity contribution in [3.05, 3.63) is 33.5 Å². The summed E-state index contributed by atoms with van der Waals surface area (Å²) in [7, 11) is 0. The zero-order valence-electron chi connectivity index (χ0n) is 7.93. The molecule has 78 valence electrons. The first-order valence-electron chi connectivity index (χ1n) is 4.39. The molecule has 0 aliphatic heterocycles. The average molecular weight is 262 g/mol. The maximum atomic E-state index is 13.4. The predicted molar refractivity (Wildman–Crippen MR) is 57.5 cm³/mol. The van der Waals surface area contributed by atoms with E-state index in [0.717, 1.165) is 10.0 Å². The van der Waals surface area contributed by atoms with Gasteiger partial charge in [-0.3, -0.25) is 0 Å². The minimum Gasteiger partial charge on any atom is -0.396 e. The molecular formula is C10H13BrFNO. The van der Waals surface area contributed by atoms with Crippen LogP contribution in [0.5, 0.6) is 0 Å². The van der Waals surface area contributed by atoms with Crippen LogP contribution in [0.25, 0.3) is 0 Å². The van der Waals surface area contributed by atoms with Crippen LogP contribution >= 0.6 is 15.9 Å². The second-order valence-corrected chi connectivity index (χ2v) is 4.04. The van der Waals surface area contributed by atoms with E-state index in [-0.39, 0.29) is 12.4 Å². The van der Waals surface area contributed by atoms with Crippen LogP contribution in [-0.4, -0.2) is 11.7 Å². The molecule has 3 N–H and O–H groups in total. The Morgan fingerprint density at radius 3 is 2.79 bits per heavy atom. The van der Waals surface area contributed by atoms with Crippen molar-refractivity contribution >= 4 is 15.9 Å². The Balaban J connectivity index is 3.11. The molecule has 0 aliphatic carbocycles. The van der Waals surface area contributed by atoms with Crippen LogP contribution in [0.3, 0.4) is 0 Å². The van der Waals surface area contributed by atoms with Crippen LogP contribution in [-0.2, 0) is 0 Å². The lowest BCUT2D eigenvalue weighted by Crippen LogP contribution is -2.15. The summed E-state index contributed by atoms with van der Waals surface area (Å²) in [6.45, 7) is 1.77. The second kappa shape index (κ2) is 4.87. The first-order valence-corrected chi connectivity index (χ1v) is 5.18. The summed E-state index contributed by atoms with van der Waals surface area (Å²) in [5.41, 5.74) is 7.03. The number of aliphatic hydroxyl groups excluding tert-OH is 1. The first kappa shape index (κ1) is 11.6. The van der Waals surface area contributed by atoms with Gasteiger partial charge in [0, 0.05) is 22.7 Å². The highest BCUT2D eigenvalue weighted by Crippen LogP contribution is 2.27. The van der Waals surface area contributed by atoms with E-state index < -0.39 is 6.04 Å². The van der Waals surface area contributed by atoms with Crippen molar-refractivity contribution < 1.29 is 9.50 Å². The fourth-order valence-corrected chi connectivity index (χ4v) is 1.75. The molecule has 1 atom stereocenters. The highest BCUT2D eigenvalue weighted by atomic mass is 79.9. The topological polar surface area (TPSA) is 46.2 Å². The Bertz CT molecular complexity index is 330. The number of nitrogens with two attached hydrogens (primary N) is 1. The van der Waals surface area contributed by atoms with E-state index in [0.29, 0.717) is 12.0 Å². The smallest absolute Gasteiger partial charge is 0.128 e. The molecule has 0 aliphatic rings. The quantitative estimate of drug-likeness (QED) is 0.877. The molecule has 0 heterocycles. The lowest BCUT2D eigenvalue weighted by molar-refractivity contribution is 0.275. The Morgan fingerprint density at radius 1 is 1.57 bits per heavy atom. The lowest BCUT2D eigenvalue weighted by atomic mass is 9.99. The largest absolute Gasteiger partial charge is 0.396 e. The molecule has 1 unspecified atom stereocenters. The highest BCUT2D eigenvalue weighted by molar-refractivity contribution is 9.10. The summed E-state index contributed by atoms with van der Waals surface area (Å²) in [5, 5.41) is 8.73. The van der Waals surface area contributed by atoms with Crippen molar-refractivity contribution in [3.63, 3.8) is 0 Å². The number of hydrogen-bond acceptors (Lipinski definition) is 2. The standard InChI is InChI=1S/C10H13BrFNO/c1-6-7(11)2-3-8(12)10(6)9(13)4-5-14/h2-3,9,14H,4-5,13H2,1H3. The zero-order chi connectivity index (χ0) is 10.7. The van der Waals surface area contributed by atoms with Crippen LogP contribution in [0.15, 0.2) is 16.6 Å². The molecule has 0 radical (unpaired) electrons. The molecule has 0 fully saturated rings. The molecule has 0 spiro atoms. The van der Waals surface area contributed by atoms with Gasteiger partial charge in [0.25, 0.3) is 0 Å². The highest BCUT2D eigenvalue weighted by Gasteiger charge is 2.15. The Hall–Kier alpha value is -0.450. The predicted octanol–water partition coefficient (Wildman–Crippen LogP) is 2.28. The van der Waals surface area contributed by atoms with Crippen molar-refractivity contribution in [1.29, 1.82) is 0 Å². The van der Waals surface area contributed by atoms with Gasteiger partial charge in [-0.15, -0.1) is 0 Å². The summed E-state index contributed by atoms with van der Waals surface area (Å²) in [6, 6.07) is 2.58. The Morgan fingerprint density at radius 2 is 2.21 bits per heavy atom. The van der Waals surface area contributed by atoms with Gasteiger partial charge in [-0.1, -0.05) is 15.9 Å². The van der Waals surface area contributed by atoms with E-state index in [2.05, 4.69) is 15.9 Å². The normalized spacial score (nSPS) is 12.9. The summed E-state index contributed by atoms with van der Waals surface area (Å²) >= 11 is 3.31. The Labute approximate surface area is 91.1 Å². The maximum Gasteiger partial charge on any atom is 0.128 e. The van der Waals surface area contributed by atoms with Crippen LogP contribution in [0, 0.1) is 12.7 Å². The first-order chi connectivity index (χ1) is 6.57. The van der Waals surface area contributed by atoms with Gasteiger partial charge in [0.2, 0.25) is 0 Å². The molecular weight excluding hydrogens is 249 g/mol. The third-order valence-electron chi connectivity index (χ3n) is 2.21. The van der Waals surface area contributed by atoms with E-state index in [1.807, 2.05) is 0 Å². The van der Waals surface area contributed by atoms with Crippen molar-refractivity contribution in [2.45, 2.75) is 19.4 Å². The van der Waals surface area contributed by atoms with Crippen molar-refractivity contribution in [1.82, 2.24) is 0 Å². The van der Waals surface area contributed by atoms with Gasteiger partial charge in [0.15, 0.2) is 0 Å². The number of benzene rings is 1. The molecule has 1 aromatic rings. The fourth-order valence-electron chi connectivity index (χ4n) is 1.41. The van der Waals surface area contributed by atoms with Crippen LogP contribution in [0.4, 0.5) is 4.39 Å². The van der Waals surface area contributed by atoms with Crippen molar-refractivity contribution in [2.24, 2.45) is 5.73 Å². The van der Waals surface area contributed by atoms with E-state index >= 15 is 0 Å². The van der Waals surface area contributed by atoms with Gasteiger partial charge in [0.05, 0.1) is 0 Å². The van der Waals surface area contributed by atoms with E-state index in [1.165, 1.54) is 6.07 Å². The number of hydrogen-bond donors (Lipinski definition) is 2. The van der Waals surface area contributed by atoms with Gasteiger partial charge < -0.3 is 10.8 Å². The average Bonchev–Trinajstić information content (AvgIpc) is 2.13. The van der Waals surface area contributed by atoms with Gasteiger partial charge in [-0.05, 0) is 31.0 Å². The molecule has 0 amide bonds. The zero-order valence-corrected chi connectivity index (χ0v) is 9.51. The van der Waals surface area contributed by atoms with Gasteiger partial charge in [-0.25, -0.2) is 4.39 Å². The summed E-state index contributed by atoms with van der Waals surface area (Å²) in [6.07, 6.45) is 0.369. The molecule has 0 bridgehead atoms. The van der Waals surface area contributed by atoms with E-state index in [4.69, 9.17) is 10.8 Å². The van der Waals surface area contributed by atoms with Gasteiger partial charge >= 0.3 is 0 Å². The lowest BCUT2D eigenvalue weighted by Gasteiger charge is -2.15. The van der Waals surface area contributed by atoms with Crippen LogP contribution in [0.2, 0.25) is 0 Å². The molecule has 0 aromatic heterocycles. The van der Waals surface area contributed by atoms with Gasteiger partial charge in [-0.2, -0.15) is 0 Å². The summed E-state index contributed by atoms with van der Waals surface area (Å²) in [4.78, 5) is 0. The molecule has 1 aromatic carbocycles. The molecule has 14 heavy (non-hydrogen) atoms. The molecule has 0 saturated carbocycles. The van der Waals surface area contributed by atoms with Crippen LogP contribution < -0.4 is 5.73 Å². The minimum atomic E-state index is -0.447. The van der Waals surface area contributed by atoms with E-state index in [1.54, 1.807) is 13.0 Å². The molecule has 0 saturated heterocycles. The molecule has 4 heteroatoms. The second-order valence-electron chi connectivity index (χ2n) is 3.19. The van der Waals surface area contributed by atoms with Crippen molar-refractivity contribution in [3.8, 4) is 0 Å². The molecule has 2 nitrogen and oxygen atoms in total. The third-order valence-corrected chi connectivity index (χ3v) is 3.07. The third kappa shape index (κ3) is 2.32. The fraction of sp³-hybridized carbons (Fsp3) is 0.400. The number of aliphatic hydroxyl groups is 1. The SMILES string of the molecule is Cc1c(Br)ccc(F)c1C(N)CCO. The summed E-state index contributed by atoms with van der Waals surface area (Å²) < 4.78 is 14.3. The maximum absolute atomic E-state index is 13.4. The van der Waals surface area contributed by atoms with Crippen molar-refractivity contribution in [2.75, 3.05) is 6.61 Å². The molecule has 1 rings (SSSR count). The van der Waals surface area contributed by atoms with E-state index in [9.17, 15) is 4.39 Å². The minimum absolute atomic E-state index is 0.0352. The Kier molecular flexibility index (Phi) is 4.04. The monoisotopic (exact) mass is 261 g/mol. The van der Waals surface area contributed by atoms with Gasteiger partial charge in [0.1, 0.15) is 5.82 Å². The summed E-state index contributed by atoms with van der Waals surface area (Å²) in [5.74, 6) is -0.313. The van der Waals surface area contributed by atoms with Crippen LogP contribution in [0.1, 0.15) is 23.6 Å².